The van der Waals surface area contributed by atoms with Crippen LogP contribution in [-0.2, 0) is 5.41 Å². The summed E-state index contributed by atoms with van der Waals surface area (Å²) < 4.78 is 0. The summed E-state index contributed by atoms with van der Waals surface area (Å²) in [6.45, 7) is 0. The van der Waals surface area contributed by atoms with Gasteiger partial charge in [-0.1, -0.05) is 297 Å². The lowest BCUT2D eigenvalue weighted by molar-refractivity contribution is 0.768. The molecule has 0 nitrogen and oxygen atoms in total. The van der Waals surface area contributed by atoms with E-state index in [1.54, 1.807) is 0 Å². The van der Waals surface area contributed by atoms with Gasteiger partial charge in [-0.2, -0.15) is 0 Å². The van der Waals surface area contributed by atoms with Crippen molar-refractivity contribution in [2.24, 2.45) is 0 Å². The summed E-state index contributed by atoms with van der Waals surface area (Å²) in [4.78, 5) is 0. The zero-order valence-electron chi connectivity index (χ0n) is 42.5. The minimum absolute atomic E-state index is 0.0141. The minimum atomic E-state index is -0.461. The molecule has 2 aliphatic rings. The SMILES string of the molecule is c1ccc(-c2ccc(C(c3ccc4c(c3)C(c3c5ccccc5c(-c5ccc6c(c5)-c5ccccc5C6(c5ccccc5)c5ccccc5)c5ccccc35)c3ccccc3-4)c3ccccc3-c3ccccc3)cc2)cc1. The van der Waals surface area contributed by atoms with Crippen LogP contribution in [0, 0.1) is 0 Å². The molecule has 0 spiro atoms. The zero-order valence-corrected chi connectivity index (χ0v) is 42.5. The topological polar surface area (TPSA) is 0 Å². The summed E-state index contributed by atoms with van der Waals surface area (Å²) in [5.74, 6) is -0.0473. The Morgan fingerprint density at radius 3 is 1.40 bits per heavy atom. The summed E-state index contributed by atoms with van der Waals surface area (Å²) >= 11 is 0. The smallest absolute Gasteiger partial charge is 0.0622 e. The molecule has 0 fully saturated rings. The minimum Gasteiger partial charge on any atom is -0.0622 e. The van der Waals surface area contributed by atoms with Gasteiger partial charge in [-0.3, -0.25) is 0 Å². The molecule has 0 aliphatic heterocycles. The first-order valence-electron chi connectivity index (χ1n) is 27.1. The van der Waals surface area contributed by atoms with E-state index in [9.17, 15) is 0 Å². The van der Waals surface area contributed by atoms with Crippen molar-refractivity contribution in [2.45, 2.75) is 17.3 Å². The maximum atomic E-state index is 2.57. The fourth-order valence-corrected chi connectivity index (χ4v) is 13.8. The molecule has 15 rings (SSSR count). The van der Waals surface area contributed by atoms with Crippen LogP contribution in [0.5, 0.6) is 0 Å². The Morgan fingerprint density at radius 1 is 0.273 bits per heavy atom. The van der Waals surface area contributed by atoms with Crippen LogP contribution in [0.15, 0.2) is 303 Å². The maximum Gasteiger partial charge on any atom is 0.0713 e. The molecule has 0 heterocycles. The highest BCUT2D eigenvalue weighted by Crippen LogP contribution is 2.58. The number of rotatable bonds is 9. The highest BCUT2D eigenvalue weighted by Gasteiger charge is 2.46. The summed E-state index contributed by atoms with van der Waals surface area (Å²) in [5, 5.41) is 5.09. The van der Waals surface area contributed by atoms with E-state index in [0.29, 0.717) is 0 Å². The first kappa shape index (κ1) is 44.8. The maximum absolute atomic E-state index is 2.57. The quantitative estimate of drug-likeness (QED) is 0.0999. The van der Waals surface area contributed by atoms with Crippen LogP contribution < -0.4 is 0 Å². The van der Waals surface area contributed by atoms with Crippen LogP contribution in [0.4, 0.5) is 0 Å². The van der Waals surface area contributed by atoms with Crippen LogP contribution in [0.25, 0.3) is 77.2 Å². The second-order valence-electron chi connectivity index (χ2n) is 20.9. The number of hydrogen-bond acceptors (Lipinski definition) is 0. The molecular weight excluding hydrogens is 925 g/mol. The van der Waals surface area contributed by atoms with Gasteiger partial charge >= 0.3 is 0 Å². The molecule has 13 aromatic rings. The van der Waals surface area contributed by atoms with Gasteiger partial charge in [0.2, 0.25) is 0 Å². The summed E-state index contributed by atoms with van der Waals surface area (Å²) in [7, 11) is 0. The molecule has 360 valence electrons. The fraction of sp³-hybridized carbons (Fsp3) is 0.0390. The molecule has 0 amide bonds. The lowest BCUT2D eigenvalue weighted by Crippen LogP contribution is -2.28. The Hall–Kier alpha value is -9.62. The Labute approximate surface area is 450 Å². The Bertz CT molecular complexity index is 4260. The monoisotopic (exact) mass is 976 g/mol. The van der Waals surface area contributed by atoms with Crippen LogP contribution in [0.3, 0.4) is 0 Å². The van der Waals surface area contributed by atoms with Gasteiger partial charge in [0.25, 0.3) is 0 Å². The van der Waals surface area contributed by atoms with Crippen molar-refractivity contribution in [1.29, 1.82) is 0 Å². The highest BCUT2D eigenvalue weighted by molar-refractivity contribution is 6.16. The Kier molecular flexibility index (Phi) is 10.7. The average Bonchev–Trinajstić information content (AvgIpc) is 4.05. The van der Waals surface area contributed by atoms with Crippen molar-refractivity contribution in [3.05, 3.63) is 359 Å². The predicted octanol–water partition coefficient (Wildman–Crippen LogP) is 19.7. The third-order valence-electron chi connectivity index (χ3n) is 17.0. The average molecular weight is 977 g/mol. The predicted molar refractivity (Wildman–Crippen MR) is 322 cm³/mol. The third kappa shape index (κ3) is 7.06. The molecular formula is C77H52. The van der Waals surface area contributed by atoms with Crippen LogP contribution >= 0.6 is 0 Å². The lowest BCUT2D eigenvalue weighted by atomic mass is 9.67. The van der Waals surface area contributed by atoms with E-state index in [1.165, 1.54) is 133 Å². The van der Waals surface area contributed by atoms with Gasteiger partial charge in [-0.15, -0.1) is 0 Å². The van der Waals surface area contributed by atoms with Gasteiger partial charge in [0.05, 0.1) is 5.41 Å². The lowest BCUT2D eigenvalue weighted by Gasteiger charge is -2.34. The molecule has 0 heteroatoms. The van der Waals surface area contributed by atoms with Crippen LogP contribution in [0.1, 0.15) is 67.5 Å². The van der Waals surface area contributed by atoms with E-state index in [2.05, 4.69) is 303 Å². The van der Waals surface area contributed by atoms with Gasteiger partial charge < -0.3 is 0 Å². The van der Waals surface area contributed by atoms with E-state index in [4.69, 9.17) is 0 Å². The standard InChI is InChI=1S/C77H52/c1-5-23-51(24-6-1)52-41-43-54(44-42-52)73(63-34-15-13-31-59(63)53-25-7-2-8-26-53)55-45-47-61-60-32-14-16-35-64(60)76(70(61)50-55)75-67-38-19-17-36-65(67)74(66-37-18-20-39-68(66)75)56-46-48-72-69(49-56)62-33-21-22-40-71(62)77(72,57-27-9-3-10-28-57)58-29-11-4-12-30-58/h1-50,73,76H. The third-order valence-corrected chi connectivity index (χ3v) is 17.0. The molecule has 0 N–H and O–H groups in total. The summed E-state index contributed by atoms with van der Waals surface area (Å²) in [5.41, 5.74) is 25.2. The van der Waals surface area contributed by atoms with Gasteiger partial charge in [0, 0.05) is 11.8 Å². The van der Waals surface area contributed by atoms with E-state index in [0.717, 1.165) is 0 Å². The second-order valence-corrected chi connectivity index (χ2v) is 20.9. The van der Waals surface area contributed by atoms with E-state index < -0.39 is 5.41 Å². The van der Waals surface area contributed by atoms with E-state index in [1.807, 2.05) is 0 Å². The molecule has 0 radical (unpaired) electrons. The molecule has 0 bridgehead atoms. The van der Waals surface area contributed by atoms with Crippen molar-refractivity contribution in [3.8, 4) is 55.6 Å². The summed E-state index contributed by atoms with van der Waals surface area (Å²) in [6, 6.07) is 114. The normalized spacial score (nSPS) is 14.2. The number of fused-ring (bicyclic) bond motifs is 8. The molecule has 2 unspecified atom stereocenters. The molecule has 0 saturated heterocycles. The van der Waals surface area contributed by atoms with Gasteiger partial charge in [-0.25, -0.2) is 0 Å². The van der Waals surface area contributed by atoms with Gasteiger partial charge in [0.15, 0.2) is 0 Å². The van der Waals surface area contributed by atoms with Crippen molar-refractivity contribution in [1.82, 2.24) is 0 Å². The molecule has 77 heavy (non-hydrogen) atoms. The van der Waals surface area contributed by atoms with Crippen LogP contribution in [0.2, 0.25) is 0 Å². The van der Waals surface area contributed by atoms with Gasteiger partial charge in [-0.05, 0) is 139 Å². The van der Waals surface area contributed by atoms with E-state index >= 15 is 0 Å². The van der Waals surface area contributed by atoms with E-state index in [-0.39, 0.29) is 11.8 Å². The number of hydrogen-bond donors (Lipinski definition) is 0. The Balaban J connectivity index is 0.938. The molecule has 2 atom stereocenters. The second kappa shape index (κ2) is 18.3. The van der Waals surface area contributed by atoms with Crippen molar-refractivity contribution < 1.29 is 0 Å². The highest BCUT2D eigenvalue weighted by atomic mass is 14.5. The molecule has 13 aromatic carbocycles. The van der Waals surface area contributed by atoms with Crippen molar-refractivity contribution in [3.63, 3.8) is 0 Å². The fourth-order valence-electron chi connectivity index (χ4n) is 13.8. The Morgan fingerprint density at radius 2 is 0.740 bits per heavy atom. The van der Waals surface area contributed by atoms with Crippen LogP contribution in [-0.4, -0.2) is 0 Å². The van der Waals surface area contributed by atoms with Gasteiger partial charge in [0.1, 0.15) is 0 Å². The summed E-state index contributed by atoms with van der Waals surface area (Å²) in [6.07, 6.45) is 0. The first-order chi connectivity index (χ1) is 38.2. The number of benzene rings is 13. The van der Waals surface area contributed by atoms with Crippen molar-refractivity contribution in [2.75, 3.05) is 0 Å². The van der Waals surface area contributed by atoms with Crippen molar-refractivity contribution >= 4 is 21.5 Å². The molecule has 0 aromatic heterocycles. The molecule has 2 aliphatic carbocycles. The first-order valence-corrected chi connectivity index (χ1v) is 27.1. The zero-order chi connectivity index (χ0) is 50.9. The molecule has 0 saturated carbocycles. The largest absolute Gasteiger partial charge is 0.0713 e.